The highest BCUT2D eigenvalue weighted by atomic mass is 16.4. The van der Waals surface area contributed by atoms with E-state index in [-0.39, 0.29) is 18.1 Å². The second-order valence-corrected chi connectivity index (χ2v) is 4.54. The van der Waals surface area contributed by atoms with Gasteiger partial charge < -0.3 is 15.1 Å². The second-order valence-electron chi connectivity index (χ2n) is 4.54. The summed E-state index contributed by atoms with van der Waals surface area (Å²) in [6.07, 6.45) is 1.37. The van der Waals surface area contributed by atoms with Gasteiger partial charge in [0.1, 0.15) is 5.82 Å². The van der Waals surface area contributed by atoms with Crippen molar-refractivity contribution in [2.24, 2.45) is 11.8 Å². The van der Waals surface area contributed by atoms with E-state index in [1.807, 2.05) is 0 Å². The number of aromatic carboxylic acids is 1. The molecule has 0 aliphatic carbocycles. The molecule has 1 aromatic rings. The third-order valence-corrected chi connectivity index (χ3v) is 3.32. The van der Waals surface area contributed by atoms with Crippen molar-refractivity contribution in [1.82, 2.24) is 4.98 Å². The number of carboxylic acids is 1. The summed E-state index contributed by atoms with van der Waals surface area (Å²) in [6, 6.07) is 3.28. The van der Waals surface area contributed by atoms with E-state index in [4.69, 9.17) is 5.11 Å². The zero-order chi connectivity index (χ0) is 12.4. The van der Waals surface area contributed by atoms with Crippen LogP contribution in [0.1, 0.15) is 17.3 Å². The predicted octanol–water partition coefficient (Wildman–Crippen LogP) is 0.844. The molecule has 0 spiro atoms. The normalized spacial score (nSPS) is 24.0. The average molecular weight is 236 g/mol. The quantitative estimate of drug-likeness (QED) is 0.813. The minimum atomic E-state index is -0.966. The van der Waals surface area contributed by atoms with Gasteiger partial charge in [-0.3, -0.25) is 0 Å². The summed E-state index contributed by atoms with van der Waals surface area (Å²) in [5.41, 5.74) is 0.194. The minimum Gasteiger partial charge on any atom is -0.478 e. The summed E-state index contributed by atoms with van der Waals surface area (Å²) in [6.45, 7) is 3.92. The van der Waals surface area contributed by atoms with Gasteiger partial charge in [-0.15, -0.1) is 0 Å². The largest absolute Gasteiger partial charge is 0.478 e. The van der Waals surface area contributed by atoms with Gasteiger partial charge in [-0.2, -0.15) is 0 Å². The Balaban J connectivity index is 2.11. The van der Waals surface area contributed by atoms with Crippen molar-refractivity contribution in [3.63, 3.8) is 0 Å². The van der Waals surface area contributed by atoms with Crippen LogP contribution in [0, 0.1) is 11.8 Å². The molecule has 1 fully saturated rings. The summed E-state index contributed by atoms with van der Waals surface area (Å²) in [4.78, 5) is 16.9. The van der Waals surface area contributed by atoms with Crippen LogP contribution < -0.4 is 4.90 Å². The van der Waals surface area contributed by atoms with Gasteiger partial charge in [0.05, 0.1) is 5.56 Å². The van der Waals surface area contributed by atoms with Crippen LogP contribution in [0.5, 0.6) is 0 Å². The summed E-state index contributed by atoms with van der Waals surface area (Å²) < 4.78 is 0. The smallest absolute Gasteiger partial charge is 0.337 e. The molecule has 2 rings (SSSR count). The maximum Gasteiger partial charge on any atom is 0.337 e. The zero-order valence-electron chi connectivity index (χ0n) is 9.71. The van der Waals surface area contributed by atoms with Crippen molar-refractivity contribution in [3.8, 4) is 0 Å². The van der Waals surface area contributed by atoms with E-state index in [0.29, 0.717) is 5.92 Å². The highest BCUT2D eigenvalue weighted by molar-refractivity contribution is 5.87. The average Bonchev–Trinajstić information content (AvgIpc) is 2.70. The Morgan fingerprint density at radius 2 is 2.29 bits per heavy atom. The van der Waals surface area contributed by atoms with Crippen molar-refractivity contribution in [1.29, 1.82) is 0 Å². The summed E-state index contributed by atoms with van der Waals surface area (Å²) >= 11 is 0. The third-order valence-electron chi connectivity index (χ3n) is 3.32. The Hall–Kier alpha value is -1.62. The zero-order valence-corrected chi connectivity index (χ0v) is 9.71. The Bertz CT molecular complexity index is 405. The van der Waals surface area contributed by atoms with E-state index >= 15 is 0 Å². The molecular formula is C12H16N2O3. The number of aromatic nitrogens is 1. The van der Waals surface area contributed by atoms with Crippen molar-refractivity contribution in [2.75, 3.05) is 24.6 Å². The molecule has 2 atom stereocenters. The monoisotopic (exact) mass is 236 g/mol. The maximum absolute atomic E-state index is 10.7. The van der Waals surface area contributed by atoms with Crippen LogP contribution in [-0.2, 0) is 0 Å². The lowest BCUT2D eigenvalue weighted by Gasteiger charge is -2.16. The molecule has 1 aliphatic rings. The first-order valence-electron chi connectivity index (χ1n) is 5.67. The molecule has 0 saturated carbocycles. The fraction of sp³-hybridized carbons (Fsp3) is 0.500. The number of hydrogen-bond acceptors (Lipinski definition) is 4. The molecule has 5 heteroatoms. The lowest BCUT2D eigenvalue weighted by molar-refractivity contribution is 0.0696. The molecule has 2 N–H and O–H groups in total. The van der Waals surface area contributed by atoms with Crippen molar-refractivity contribution < 1.29 is 15.0 Å². The van der Waals surface area contributed by atoms with Gasteiger partial charge in [0.15, 0.2) is 0 Å². The van der Waals surface area contributed by atoms with Gasteiger partial charge in [0.25, 0.3) is 0 Å². The number of carboxylic acid groups (broad SMARTS) is 1. The highest BCUT2D eigenvalue weighted by Crippen LogP contribution is 2.26. The Morgan fingerprint density at radius 3 is 2.76 bits per heavy atom. The second kappa shape index (κ2) is 4.71. The summed E-state index contributed by atoms with van der Waals surface area (Å²) in [5, 5.41) is 18.0. The van der Waals surface area contributed by atoms with E-state index in [1.54, 1.807) is 12.1 Å². The van der Waals surface area contributed by atoms with Gasteiger partial charge in [0, 0.05) is 31.8 Å². The SMILES string of the molecule is C[C@H]1CN(c2ccc(C(=O)O)cn2)C[C@@H]1CO. The number of pyridine rings is 1. The number of aliphatic hydroxyl groups is 1. The first-order chi connectivity index (χ1) is 8.11. The van der Waals surface area contributed by atoms with Gasteiger partial charge in [-0.1, -0.05) is 6.92 Å². The molecule has 2 heterocycles. The van der Waals surface area contributed by atoms with E-state index < -0.39 is 5.97 Å². The molecule has 92 valence electrons. The van der Waals surface area contributed by atoms with Gasteiger partial charge >= 0.3 is 5.97 Å². The number of nitrogens with zero attached hydrogens (tertiary/aromatic N) is 2. The molecule has 0 amide bonds. The summed E-state index contributed by atoms with van der Waals surface area (Å²) in [7, 11) is 0. The van der Waals surface area contributed by atoms with Crippen LogP contribution in [0.4, 0.5) is 5.82 Å². The lowest BCUT2D eigenvalue weighted by Crippen LogP contribution is -2.21. The fourth-order valence-corrected chi connectivity index (χ4v) is 2.16. The van der Waals surface area contributed by atoms with Crippen molar-refractivity contribution in [3.05, 3.63) is 23.9 Å². The fourth-order valence-electron chi connectivity index (χ4n) is 2.16. The summed E-state index contributed by atoms with van der Waals surface area (Å²) in [5.74, 6) is 0.516. The highest BCUT2D eigenvalue weighted by Gasteiger charge is 2.29. The molecule has 0 unspecified atom stereocenters. The van der Waals surface area contributed by atoms with E-state index in [9.17, 15) is 9.90 Å². The van der Waals surface area contributed by atoms with E-state index in [0.717, 1.165) is 18.9 Å². The molecule has 0 radical (unpaired) electrons. The Morgan fingerprint density at radius 1 is 1.53 bits per heavy atom. The van der Waals surface area contributed by atoms with Gasteiger partial charge in [0.2, 0.25) is 0 Å². The number of aliphatic hydroxyl groups excluding tert-OH is 1. The van der Waals surface area contributed by atoms with Crippen LogP contribution in [0.15, 0.2) is 18.3 Å². The third kappa shape index (κ3) is 2.39. The number of carbonyl (C=O) groups is 1. The molecule has 1 aromatic heterocycles. The molecule has 1 saturated heterocycles. The number of anilines is 1. The van der Waals surface area contributed by atoms with Gasteiger partial charge in [-0.05, 0) is 18.1 Å². The van der Waals surface area contributed by atoms with Crippen LogP contribution in [0.25, 0.3) is 0 Å². The standard InChI is InChI=1S/C12H16N2O3/c1-8-5-14(6-10(8)7-15)11-3-2-9(4-13-11)12(16)17/h2-4,8,10,15H,5-7H2,1H3,(H,16,17)/t8-,10+/m0/s1. The Kier molecular flexibility index (Phi) is 3.28. The lowest BCUT2D eigenvalue weighted by atomic mass is 10.00. The van der Waals surface area contributed by atoms with E-state index in [2.05, 4.69) is 16.8 Å². The number of rotatable bonds is 3. The molecule has 5 nitrogen and oxygen atoms in total. The molecule has 0 aromatic carbocycles. The van der Waals surface area contributed by atoms with Crippen LogP contribution in [0.2, 0.25) is 0 Å². The van der Waals surface area contributed by atoms with Crippen LogP contribution in [0.3, 0.4) is 0 Å². The first-order valence-corrected chi connectivity index (χ1v) is 5.67. The van der Waals surface area contributed by atoms with E-state index in [1.165, 1.54) is 6.20 Å². The van der Waals surface area contributed by atoms with Crippen LogP contribution in [-0.4, -0.2) is 40.9 Å². The minimum absolute atomic E-state index is 0.185. The molecule has 1 aliphatic heterocycles. The van der Waals surface area contributed by atoms with Crippen LogP contribution >= 0.6 is 0 Å². The molecule has 0 bridgehead atoms. The maximum atomic E-state index is 10.7. The number of hydrogen-bond donors (Lipinski definition) is 2. The van der Waals surface area contributed by atoms with Crippen molar-refractivity contribution >= 4 is 11.8 Å². The topological polar surface area (TPSA) is 73.7 Å². The molecular weight excluding hydrogens is 220 g/mol. The molecule has 17 heavy (non-hydrogen) atoms. The predicted molar refractivity (Wildman–Crippen MR) is 63.1 cm³/mol. The van der Waals surface area contributed by atoms with Crippen molar-refractivity contribution in [2.45, 2.75) is 6.92 Å². The first kappa shape index (κ1) is 11.9. The van der Waals surface area contributed by atoms with Gasteiger partial charge in [-0.25, -0.2) is 9.78 Å². The Labute approximate surface area is 99.7 Å².